The fraction of sp³-hybridized carbons (Fsp3) is 0.214. The largest absolute Gasteiger partial charge is 0.490 e. The van der Waals surface area contributed by atoms with E-state index in [9.17, 15) is 4.79 Å². The maximum Gasteiger partial charge on any atom is 0.150 e. The predicted molar refractivity (Wildman–Crippen MR) is 65.1 cm³/mol. The number of rotatable bonds is 3. The number of hydrogen-bond acceptors (Lipinski definition) is 2. The van der Waals surface area contributed by atoms with Crippen molar-refractivity contribution in [3.8, 4) is 5.75 Å². The van der Waals surface area contributed by atoms with Crippen molar-refractivity contribution in [3.05, 3.63) is 42.0 Å². The maximum atomic E-state index is 10.7. The molecule has 0 fully saturated rings. The summed E-state index contributed by atoms with van der Waals surface area (Å²) in [6.45, 7) is 4.00. The second kappa shape index (κ2) is 4.35. The van der Waals surface area contributed by atoms with Gasteiger partial charge in [0.2, 0.25) is 0 Å². The van der Waals surface area contributed by atoms with Gasteiger partial charge in [-0.2, -0.15) is 0 Å². The molecule has 16 heavy (non-hydrogen) atoms. The van der Waals surface area contributed by atoms with E-state index in [0.29, 0.717) is 5.56 Å². The zero-order valence-corrected chi connectivity index (χ0v) is 9.44. The highest BCUT2D eigenvalue weighted by molar-refractivity contribution is 5.92. The Labute approximate surface area is 94.8 Å². The summed E-state index contributed by atoms with van der Waals surface area (Å²) in [5.74, 6) is 0.866. The fourth-order valence-electron chi connectivity index (χ4n) is 1.70. The van der Waals surface area contributed by atoms with E-state index in [-0.39, 0.29) is 6.10 Å². The van der Waals surface area contributed by atoms with Crippen LogP contribution in [0.3, 0.4) is 0 Å². The Balaban J connectivity index is 2.55. The van der Waals surface area contributed by atoms with Gasteiger partial charge < -0.3 is 4.74 Å². The van der Waals surface area contributed by atoms with E-state index in [1.54, 1.807) is 0 Å². The summed E-state index contributed by atoms with van der Waals surface area (Å²) in [4.78, 5) is 10.7. The van der Waals surface area contributed by atoms with E-state index in [1.165, 1.54) is 0 Å². The third kappa shape index (κ3) is 2.06. The van der Waals surface area contributed by atoms with E-state index in [1.807, 2.05) is 50.2 Å². The summed E-state index contributed by atoms with van der Waals surface area (Å²) in [5.41, 5.74) is 0.689. The third-order valence-electron chi connectivity index (χ3n) is 2.36. The molecule has 0 aliphatic rings. The van der Waals surface area contributed by atoms with Crippen molar-refractivity contribution in [2.75, 3.05) is 0 Å². The molecule has 0 unspecified atom stereocenters. The second-order valence-corrected chi connectivity index (χ2v) is 4.02. The highest BCUT2D eigenvalue weighted by atomic mass is 16.5. The van der Waals surface area contributed by atoms with Crippen molar-refractivity contribution in [3.63, 3.8) is 0 Å². The van der Waals surface area contributed by atoms with Gasteiger partial charge in [0.05, 0.1) is 6.10 Å². The van der Waals surface area contributed by atoms with Gasteiger partial charge in [0, 0.05) is 10.9 Å². The van der Waals surface area contributed by atoms with Crippen molar-refractivity contribution >= 4 is 17.1 Å². The average molecular weight is 214 g/mol. The van der Waals surface area contributed by atoms with E-state index < -0.39 is 0 Å². The molecule has 0 heterocycles. The van der Waals surface area contributed by atoms with Crippen LogP contribution in [0.2, 0.25) is 0 Å². The Hall–Kier alpha value is -1.83. The van der Waals surface area contributed by atoms with Crippen LogP contribution in [0.25, 0.3) is 10.8 Å². The number of fused-ring (bicyclic) bond motifs is 1. The first kappa shape index (κ1) is 10.7. The summed E-state index contributed by atoms with van der Waals surface area (Å²) < 4.78 is 5.71. The molecule has 0 amide bonds. The van der Waals surface area contributed by atoms with Gasteiger partial charge in [0.25, 0.3) is 0 Å². The number of benzene rings is 2. The van der Waals surface area contributed by atoms with Crippen LogP contribution in [0.1, 0.15) is 24.2 Å². The molecule has 0 spiro atoms. The molecule has 2 aromatic carbocycles. The Kier molecular flexibility index (Phi) is 2.91. The number of aldehydes is 1. The quantitative estimate of drug-likeness (QED) is 0.731. The molecular formula is C14H14O2. The molecule has 0 aliphatic heterocycles. The van der Waals surface area contributed by atoms with Gasteiger partial charge in [-0.1, -0.05) is 18.2 Å². The van der Waals surface area contributed by atoms with Crippen LogP contribution >= 0.6 is 0 Å². The van der Waals surface area contributed by atoms with Gasteiger partial charge in [0.15, 0.2) is 0 Å². The Morgan fingerprint density at radius 3 is 2.69 bits per heavy atom. The molecule has 0 aromatic heterocycles. The normalized spacial score (nSPS) is 10.7. The van der Waals surface area contributed by atoms with E-state index in [2.05, 4.69) is 0 Å². The summed E-state index contributed by atoms with van der Waals surface area (Å²) in [6.07, 6.45) is 1.01. The zero-order chi connectivity index (χ0) is 11.5. The molecule has 2 aromatic rings. The summed E-state index contributed by atoms with van der Waals surface area (Å²) >= 11 is 0. The lowest BCUT2D eigenvalue weighted by atomic mass is 10.1. The monoisotopic (exact) mass is 214 g/mol. The van der Waals surface area contributed by atoms with Crippen LogP contribution in [0.5, 0.6) is 5.75 Å². The highest BCUT2D eigenvalue weighted by Crippen LogP contribution is 2.26. The van der Waals surface area contributed by atoms with Crippen LogP contribution in [-0.4, -0.2) is 12.4 Å². The van der Waals surface area contributed by atoms with Gasteiger partial charge in [-0.25, -0.2) is 0 Å². The smallest absolute Gasteiger partial charge is 0.150 e. The standard InChI is InChI=1S/C14H14O2/c1-10(2)16-14-5-3-4-12-8-11(9-15)6-7-13(12)14/h3-10H,1-2H3. The summed E-state index contributed by atoms with van der Waals surface area (Å²) in [5, 5.41) is 2.07. The lowest BCUT2D eigenvalue weighted by Gasteiger charge is -2.12. The van der Waals surface area contributed by atoms with Crippen molar-refractivity contribution in [2.45, 2.75) is 20.0 Å². The van der Waals surface area contributed by atoms with Crippen LogP contribution in [0.15, 0.2) is 36.4 Å². The SMILES string of the molecule is CC(C)Oc1cccc2cc(C=O)ccc12. The Morgan fingerprint density at radius 2 is 2.00 bits per heavy atom. The lowest BCUT2D eigenvalue weighted by Crippen LogP contribution is -2.05. The average Bonchev–Trinajstić information content (AvgIpc) is 2.28. The minimum absolute atomic E-state index is 0.149. The first-order valence-electron chi connectivity index (χ1n) is 5.35. The number of carbonyl (C=O) groups is 1. The van der Waals surface area contributed by atoms with Crippen LogP contribution in [0.4, 0.5) is 0 Å². The van der Waals surface area contributed by atoms with Crippen molar-refractivity contribution in [2.24, 2.45) is 0 Å². The molecule has 82 valence electrons. The molecule has 0 aliphatic carbocycles. The third-order valence-corrected chi connectivity index (χ3v) is 2.36. The van der Waals surface area contributed by atoms with Gasteiger partial charge in [0.1, 0.15) is 12.0 Å². The number of ether oxygens (including phenoxy) is 1. The lowest BCUT2D eigenvalue weighted by molar-refractivity contribution is 0.112. The molecule has 0 atom stereocenters. The molecule has 0 radical (unpaired) electrons. The molecule has 2 nitrogen and oxygen atoms in total. The molecule has 0 saturated heterocycles. The van der Waals surface area contributed by atoms with E-state index in [4.69, 9.17) is 4.74 Å². The first-order chi connectivity index (χ1) is 7.70. The topological polar surface area (TPSA) is 26.3 Å². The molecule has 2 heteroatoms. The fourth-order valence-corrected chi connectivity index (χ4v) is 1.70. The van der Waals surface area contributed by atoms with E-state index in [0.717, 1.165) is 22.8 Å². The Morgan fingerprint density at radius 1 is 1.19 bits per heavy atom. The highest BCUT2D eigenvalue weighted by Gasteiger charge is 2.04. The maximum absolute atomic E-state index is 10.7. The number of carbonyl (C=O) groups excluding carboxylic acids is 1. The summed E-state index contributed by atoms with van der Waals surface area (Å²) in [7, 11) is 0. The van der Waals surface area contributed by atoms with Crippen molar-refractivity contribution in [1.82, 2.24) is 0 Å². The minimum atomic E-state index is 0.149. The minimum Gasteiger partial charge on any atom is -0.490 e. The van der Waals surface area contributed by atoms with Crippen LogP contribution in [-0.2, 0) is 0 Å². The molecule has 0 bridgehead atoms. The van der Waals surface area contributed by atoms with Crippen LogP contribution in [0, 0.1) is 0 Å². The molecule has 0 saturated carbocycles. The van der Waals surface area contributed by atoms with Gasteiger partial charge in [-0.3, -0.25) is 4.79 Å². The molecular weight excluding hydrogens is 200 g/mol. The van der Waals surface area contributed by atoms with Gasteiger partial charge >= 0.3 is 0 Å². The van der Waals surface area contributed by atoms with E-state index >= 15 is 0 Å². The molecule has 0 N–H and O–H groups in total. The first-order valence-corrected chi connectivity index (χ1v) is 5.35. The Bertz CT molecular complexity index is 515. The second-order valence-electron chi connectivity index (χ2n) is 4.02. The van der Waals surface area contributed by atoms with Gasteiger partial charge in [-0.15, -0.1) is 0 Å². The predicted octanol–water partition coefficient (Wildman–Crippen LogP) is 3.44. The number of hydrogen-bond donors (Lipinski definition) is 0. The zero-order valence-electron chi connectivity index (χ0n) is 9.44. The molecule has 2 rings (SSSR count). The van der Waals surface area contributed by atoms with Crippen LogP contribution < -0.4 is 4.74 Å². The van der Waals surface area contributed by atoms with Crippen molar-refractivity contribution in [1.29, 1.82) is 0 Å². The summed E-state index contributed by atoms with van der Waals surface area (Å²) in [6, 6.07) is 11.5. The van der Waals surface area contributed by atoms with Crippen molar-refractivity contribution < 1.29 is 9.53 Å². The van der Waals surface area contributed by atoms with Gasteiger partial charge in [-0.05, 0) is 37.4 Å².